The van der Waals surface area contributed by atoms with Gasteiger partial charge in [-0.2, -0.15) is 0 Å². The average Bonchev–Trinajstić information content (AvgIpc) is 2.20. The van der Waals surface area contributed by atoms with Crippen LogP contribution in [-0.4, -0.2) is 40.3 Å². The Morgan fingerprint density at radius 3 is 2.40 bits per heavy atom. The fourth-order valence-corrected chi connectivity index (χ4v) is 1.30. The van der Waals surface area contributed by atoms with Crippen LogP contribution < -0.4 is 5.32 Å². The summed E-state index contributed by atoms with van der Waals surface area (Å²) in [5.74, 6) is 0. The highest BCUT2D eigenvalue weighted by Gasteiger charge is 2.32. The van der Waals surface area contributed by atoms with Gasteiger partial charge in [0.05, 0.1) is 18.9 Å². The molecular formula is C6H13NO3. The van der Waals surface area contributed by atoms with Crippen LogP contribution in [0.2, 0.25) is 0 Å². The molecule has 0 aliphatic heterocycles. The molecule has 4 nitrogen and oxygen atoms in total. The van der Waals surface area contributed by atoms with Crippen molar-refractivity contribution >= 4 is 0 Å². The predicted octanol–water partition coefficient (Wildman–Crippen LogP) is -1.59. The summed E-state index contributed by atoms with van der Waals surface area (Å²) in [6.45, 7) is -0.144. The molecule has 0 aromatic rings. The fourth-order valence-electron chi connectivity index (χ4n) is 1.30. The van der Waals surface area contributed by atoms with Gasteiger partial charge in [-0.1, -0.05) is 0 Å². The molecule has 3 unspecified atom stereocenters. The molecule has 0 radical (unpaired) electrons. The van der Waals surface area contributed by atoms with Gasteiger partial charge in [0, 0.05) is 6.04 Å². The summed E-state index contributed by atoms with van der Waals surface area (Å²) < 4.78 is 0. The van der Waals surface area contributed by atoms with Gasteiger partial charge in [-0.3, -0.25) is 5.32 Å². The zero-order chi connectivity index (χ0) is 7.56. The molecular weight excluding hydrogens is 134 g/mol. The van der Waals surface area contributed by atoms with Crippen molar-refractivity contribution in [2.75, 3.05) is 6.73 Å². The summed E-state index contributed by atoms with van der Waals surface area (Å²) in [7, 11) is 0. The number of aliphatic hydroxyl groups excluding tert-OH is 3. The van der Waals surface area contributed by atoms with Crippen molar-refractivity contribution in [1.29, 1.82) is 0 Å². The van der Waals surface area contributed by atoms with Crippen LogP contribution in [0.5, 0.6) is 0 Å². The second-order valence-corrected chi connectivity index (χ2v) is 2.60. The lowest BCUT2D eigenvalue weighted by atomic mass is 10.2. The molecule has 0 aromatic heterocycles. The monoisotopic (exact) mass is 147 g/mol. The summed E-state index contributed by atoms with van der Waals surface area (Å²) in [5, 5.41) is 29.3. The number of nitrogens with one attached hydrogen (secondary N) is 1. The Labute approximate surface area is 59.5 Å². The van der Waals surface area contributed by atoms with Gasteiger partial charge >= 0.3 is 0 Å². The summed E-state index contributed by atoms with van der Waals surface area (Å²) in [5.41, 5.74) is 0. The summed E-state index contributed by atoms with van der Waals surface area (Å²) >= 11 is 0. The maximum atomic E-state index is 9.16. The average molecular weight is 147 g/mol. The molecule has 0 amide bonds. The minimum absolute atomic E-state index is 0.139. The van der Waals surface area contributed by atoms with E-state index in [1.165, 1.54) is 0 Å². The Morgan fingerprint density at radius 2 is 2.00 bits per heavy atom. The van der Waals surface area contributed by atoms with Crippen molar-refractivity contribution in [2.45, 2.75) is 31.1 Å². The van der Waals surface area contributed by atoms with E-state index in [2.05, 4.69) is 5.32 Å². The number of hydrogen-bond donors (Lipinski definition) is 4. The second kappa shape index (κ2) is 3.30. The van der Waals surface area contributed by atoms with Crippen molar-refractivity contribution in [1.82, 2.24) is 5.32 Å². The van der Waals surface area contributed by atoms with Gasteiger partial charge in [-0.05, 0) is 12.8 Å². The molecule has 3 atom stereocenters. The van der Waals surface area contributed by atoms with Crippen LogP contribution in [0.3, 0.4) is 0 Å². The zero-order valence-electron chi connectivity index (χ0n) is 5.70. The van der Waals surface area contributed by atoms with Gasteiger partial charge in [0.25, 0.3) is 0 Å². The largest absolute Gasteiger partial charge is 0.390 e. The Hall–Kier alpha value is -0.160. The minimum atomic E-state index is -0.716. The Bertz CT molecular complexity index is 107. The van der Waals surface area contributed by atoms with E-state index >= 15 is 0 Å². The fraction of sp³-hybridized carbons (Fsp3) is 1.00. The van der Waals surface area contributed by atoms with E-state index in [9.17, 15) is 0 Å². The molecule has 10 heavy (non-hydrogen) atoms. The van der Waals surface area contributed by atoms with Gasteiger partial charge in [-0.15, -0.1) is 0 Å². The second-order valence-electron chi connectivity index (χ2n) is 2.60. The lowest BCUT2D eigenvalue weighted by molar-refractivity contribution is 0.0257. The van der Waals surface area contributed by atoms with Crippen molar-refractivity contribution in [3.05, 3.63) is 0 Å². The van der Waals surface area contributed by atoms with E-state index in [4.69, 9.17) is 15.3 Å². The van der Waals surface area contributed by atoms with Crippen LogP contribution in [0, 0.1) is 0 Å². The number of hydrogen-bond acceptors (Lipinski definition) is 4. The van der Waals surface area contributed by atoms with Crippen molar-refractivity contribution in [2.24, 2.45) is 0 Å². The highest BCUT2D eigenvalue weighted by atomic mass is 16.3. The molecule has 1 saturated carbocycles. The molecule has 1 fully saturated rings. The first-order valence-electron chi connectivity index (χ1n) is 3.46. The summed E-state index contributed by atoms with van der Waals surface area (Å²) in [6.07, 6.45) is -0.00181. The van der Waals surface area contributed by atoms with E-state index in [0.29, 0.717) is 6.42 Å². The molecule has 0 saturated heterocycles. The Kier molecular flexibility index (Phi) is 2.62. The third-order valence-electron chi connectivity index (χ3n) is 1.93. The molecule has 0 heterocycles. The molecule has 1 aliphatic carbocycles. The predicted molar refractivity (Wildman–Crippen MR) is 35.3 cm³/mol. The maximum Gasteiger partial charge on any atom is 0.0952 e. The van der Waals surface area contributed by atoms with E-state index in [1.54, 1.807) is 0 Å². The highest BCUT2D eigenvalue weighted by Crippen LogP contribution is 2.19. The number of rotatable bonds is 2. The smallest absolute Gasteiger partial charge is 0.0952 e. The van der Waals surface area contributed by atoms with Gasteiger partial charge in [-0.25, -0.2) is 0 Å². The number of aliphatic hydroxyl groups is 3. The van der Waals surface area contributed by atoms with Crippen molar-refractivity contribution in [3.8, 4) is 0 Å². The maximum absolute atomic E-state index is 9.16. The van der Waals surface area contributed by atoms with Crippen LogP contribution in [0.1, 0.15) is 12.8 Å². The van der Waals surface area contributed by atoms with Crippen molar-refractivity contribution in [3.63, 3.8) is 0 Å². The first-order chi connectivity index (χ1) is 4.75. The minimum Gasteiger partial charge on any atom is -0.390 e. The Balaban J connectivity index is 2.33. The molecule has 1 rings (SSSR count). The highest BCUT2D eigenvalue weighted by molar-refractivity contribution is 4.88. The molecule has 0 spiro atoms. The van der Waals surface area contributed by atoms with E-state index in [1.807, 2.05) is 0 Å². The van der Waals surface area contributed by atoms with Crippen LogP contribution in [-0.2, 0) is 0 Å². The van der Waals surface area contributed by atoms with Gasteiger partial charge < -0.3 is 15.3 Å². The van der Waals surface area contributed by atoms with Crippen LogP contribution in [0.15, 0.2) is 0 Å². The topological polar surface area (TPSA) is 72.7 Å². The summed E-state index contributed by atoms with van der Waals surface area (Å²) in [4.78, 5) is 0. The zero-order valence-corrected chi connectivity index (χ0v) is 5.70. The van der Waals surface area contributed by atoms with Gasteiger partial charge in [0.1, 0.15) is 0 Å². The quantitative estimate of drug-likeness (QED) is 0.355. The van der Waals surface area contributed by atoms with Gasteiger partial charge in [0.15, 0.2) is 0 Å². The lowest BCUT2D eigenvalue weighted by Gasteiger charge is -2.15. The first-order valence-corrected chi connectivity index (χ1v) is 3.46. The molecule has 60 valence electrons. The summed E-state index contributed by atoms with van der Waals surface area (Å²) in [6, 6.07) is -0.139. The van der Waals surface area contributed by atoms with Crippen LogP contribution in [0.4, 0.5) is 0 Å². The molecule has 4 heteroatoms. The molecule has 4 N–H and O–H groups in total. The van der Waals surface area contributed by atoms with E-state index in [0.717, 1.165) is 6.42 Å². The molecule has 0 aromatic carbocycles. The standard InChI is InChI=1S/C6H13NO3/c8-3-7-4-1-2-5(9)6(4)10/h4-10H,1-3H2. The lowest BCUT2D eigenvalue weighted by Crippen LogP contribution is -2.40. The third-order valence-corrected chi connectivity index (χ3v) is 1.93. The van der Waals surface area contributed by atoms with Crippen LogP contribution >= 0.6 is 0 Å². The normalized spacial score (nSPS) is 40.5. The Morgan fingerprint density at radius 1 is 1.30 bits per heavy atom. The SMILES string of the molecule is OCNC1CCC(O)C1O. The van der Waals surface area contributed by atoms with Crippen LogP contribution in [0.25, 0.3) is 0 Å². The first kappa shape index (κ1) is 7.94. The van der Waals surface area contributed by atoms with E-state index < -0.39 is 12.2 Å². The molecule has 0 bridgehead atoms. The van der Waals surface area contributed by atoms with Crippen molar-refractivity contribution < 1.29 is 15.3 Å². The van der Waals surface area contributed by atoms with Gasteiger partial charge in [0.2, 0.25) is 0 Å². The third kappa shape index (κ3) is 1.46. The molecule has 1 aliphatic rings. The van der Waals surface area contributed by atoms with E-state index in [-0.39, 0.29) is 12.8 Å².